The van der Waals surface area contributed by atoms with Gasteiger partial charge in [-0.3, -0.25) is 4.79 Å². The lowest BCUT2D eigenvalue weighted by atomic mass is 10.1. The van der Waals surface area contributed by atoms with Gasteiger partial charge in [-0.25, -0.2) is 0 Å². The molecule has 4 nitrogen and oxygen atoms in total. The minimum Gasteiger partial charge on any atom is -0.494 e. The Balaban J connectivity index is 1.39. The predicted octanol–water partition coefficient (Wildman–Crippen LogP) is 7.86. The highest BCUT2D eigenvalue weighted by molar-refractivity contribution is 7.98. The number of carbonyl (C=O) groups excluding carboxylic acids is 1. The minimum absolute atomic E-state index is 0.177. The maximum Gasteiger partial charge on any atom is 0.255 e. The standard InChI is InChI=1S/C29H26ClNO3S/c1-2-33-28-17-8-22(18-23(28)20-35-27-15-9-24(30)10-16-27)29(32)31-25-11-13-26(14-12-25)34-19-21-6-4-3-5-7-21/h3-18H,2,19-20H2,1H3,(H,31,32). The Hall–Kier alpha value is -3.41. The van der Waals surface area contributed by atoms with E-state index in [0.29, 0.717) is 35.2 Å². The van der Waals surface area contributed by atoms with Crippen molar-refractivity contribution in [3.63, 3.8) is 0 Å². The van der Waals surface area contributed by atoms with E-state index in [1.807, 2.05) is 97.9 Å². The number of anilines is 1. The number of carbonyl (C=O) groups is 1. The van der Waals surface area contributed by atoms with E-state index in [4.69, 9.17) is 21.1 Å². The molecule has 35 heavy (non-hydrogen) atoms. The van der Waals surface area contributed by atoms with Gasteiger partial charge in [0.1, 0.15) is 18.1 Å². The maximum atomic E-state index is 12.9. The SMILES string of the molecule is CCOc1ccc(C(=O)Nc2ccc(OCc3ccccc3)cc2)cc1CSc1ccc(Cl)cc1. The van der Waals surface area contributed by atoms with Gasteiger partial charge in [0.05, 0.1) is 6.61 Å². The van der Waals surface area contributed by atoms with Gasteiger partial charge >= 0.3 is 0 Å². The number of thioether (sulfide) groups is 1. The Bertz CT molecular complexity index is 1250. The first-order chi connectivity index (χ1) is 17.1. The van der Waals surface area contributed by atoms with Gasteiger partial charge in [-0.05, 0) is 79.2 Å². The zero-order valence-corrected chi connectivity index (χ0v) is 20.9. The van der Waals surface area contributed by atoms with E-state index in [0.717, 1.165) is 27.5 Å². The molecule has 0 aromatic heterocycles. The Labute approximate surface area is 215 Å². The van der Waals surface area contributed by atoms with Crippen molar-refractivity contribution in [3.8, 4) is 11.5 Å². The van der Waals surface area contributed by atoms with Crippen molar-refractivity contribution in [2.24, 2.45) is 0 Å². The molecule has 0 heterocycles. The number of ether oxygens (including phenoxy) is 2. The fourth-order valence-corrected chi connectivity index (χ4v) is 4.40. The van der Waals surface area contributed by atoms with E-state index >= 15 is 0 Å². The second-order valence-corrected chi connectivity index (χ2v) is 9.24. The summed E-state index contributed by atoms with van der Waals surface area (Å²) in [6.45, 7) is 3.00. The highest BCUT2D eigenvalue weighted by Crippen LogP contribution is 2.30. The fraction of sp³-hybridized carbons (Fsp3) is 0.138. The summed E-state index contributed by atoms with van der Waals surface area (Å²) in [6.07, 6.45) is 0. The first kappa shape index (κ1) is 24.7. The summed E-state index contributed by atoms with van der Waals surface area (Å²) in [6, 6.07) is 30.6. The highest BCUT2D eigenvalue weighted by atomic mass is 35.5. The molecule has 0 aliphatic carbocycles. The number of rotatable bonds is 10. The number of amides is 1. The number of hydrogen-bond acceptors (Lipinski definition) is 4. The van der Waals surface area contributed by atoms with Gasteiger partial charge in [0.2, 0.25) is 0 Å². The van der Waals surface area contributed by atoms with E-state index in [9.17, 15) is 4.79 Å². The molecule has 0 saturated carbocycles. The van der Waals surface area contributed by atoms with Crippen LogP contribution in [0.4, 0.5) is 5.69 Å². The molecule has 4 rings (SSSR count). The monoisotopic (exact) mass is 503 g/mol. The third-order valence-corrected chi connectivity index (χ3v) is 6.50. The molecule has 0 aliphatic rings. The van der Waals surface area contributed by atoms with Crippen molar-refractivity contribution < 1.29 is 14.3 Å². The average molecular weight is 504 g/mol. The third kappa shape index (κ3) is 7.28. The molecule has 0 unspecified atom stereocenters. The van der Waals surface area contributed by atoms with Gasteiger partial charge in [-0.2, -0.15) is 0 Å². The lowest BCUT2D eigenvalue weighted by molar-refractivity contribution is 0.102. The summed E-state index contributed by atoms with van der Waals surface area (Å²) in [7, 11) is 0. The molecule has 1 amide bonds. The fourth-order valence-electron chi connectivity index (χ4n) is 3.40. The number of halogens is 1. The average Bonchev–Trinajstić information content (AvgIpc) is 2.89. The Morgan fingerprint density at radius 3 is 2.34 bits per heavy atom. The van der Waals surface area contributed by atoms with Gasteiger partial charge in [0.25, 0.3) is 5.91 Å². The van der Waals surface area contributed by atoms with Crippen LogP contribution in [0.2, 0.25) is 5.02 Å². The summed E-state index contributed by atoms with van der Waals surface area (Å²) in [5.41, 5.74) is 3.34. The first-order valence-electron chi connectivity index (χ1n) is 11.3. The Morgan fingerprint density at radius 1 is 0.886 bits per heavy atom. The van der Waals surface area contributed by atoms with Crippen LogP contribution in [-0.2, 0) is 12.4 Å². The normalized spacial score (nSPS) is 10.6. The van der Waals surface area contributed by atoms with E-state index < -0.39 is 0 Å². The van der Waals surface area contributed by atoms with Gasteiger partial charge in [0, 0.05) is 32.5 Å². The molecule has 6 heteroatoms. The van der Waals surface area contributed by atoms with Crippen LogP contribution in [0.15, 0.2) is 102 Å². The van der Waals surface area contributed by atoms with Crippen molar-refractivity contribution in [3.05, 3.63) is 119 Å². The molecule has 0 fully saturated rings. The van der Waals surface area contributed by atoms with Crippen LogP contribution in [0.1, 0.15) is 28.4 Å². The van der Waals surface area contributed by atoms with Gasteiger partial charge < -0.3 is 14.8 Å². The molecule has 0 saturated heterocycles. The van der Waals surface area contributed by atoms with Gasteiger partial charge in [0.15, 0.2) is 0 Å². The van der Waals surface area contributed by atoms with Crippen molar-refractivity contribution in [2.45, 2.75) is 24.2 Å². The topological polar surface area (TPSA) is 47.6 Å². The molecule has 0 atom stereocenters. The first-order valence-corrected chi connectivity index (χ1v) is 12.7. The molecule has 0 radical (unpaired) electrons. The van der Waals surface area contributed by atoms with Gasteiger partial charge in [-0.1, -0.05) is 41.9 Å². The quantitative estimate of drug-likeness (QED) is 0.224. The summed E-state index contributed by atoms with van der Waals surface area (Å²) in [5.74, 6) is 2.02. The van der Waals surface area contributed by atoms with Crippen molar-refractivity contribution in [2.75, 3.05) is 11.9 Å². The van der Waals surface area contributed by atoms with Crippen LogP contribution in [0.25, 0.3) is 0 Å². The summed E-state index contributed by atoms with van der Waals surface area (Å²) < 4.78 is 11.6. The molecule has 1 N–H and O–H groups in total. The lowest BCUT2D eigenvalue weighted by Crippen LogP contribution is -2.12. The minimum atomic E-state index is -0.177. The van der Waals surface area contributed by atoms with Gasteiger partial charge in [-0.15, -0.1) is 11.8 Å². The predicted molar refractivity (Wildman–Crippen MR) is 144 cm³/mol. The zero-order chi connectivity index (χ0) is 24.5. The molecule has 0 spiro atoms. The third-order valence-electron chi connectivity index (χ3n) is 5.19. The summed E-state index contributed by atoms with van der Waals surface area (Å²) >= 11 is 7.65. The van der Waals surface area contributed by atoms with Crippen LogP contribution in [0, 0.1) is 0 Å². The molecule has 178 valence electrons. The molecule has 0 aliphatic heterocycles. The Morgan fingerprint density at radius 2 is 1.63 bits per heavy atom. The van der Waals surface area contributed by atoms with E-state index in [1.165, 1.54) is 0 Å². The molecule has 4 aromatic carbocycles. The van der Waals surface area contributed by atoms with E-state index in [1.54, 1.807) is 17.8 Å². The van der Waals surface area contributed by atoms with E-state index in [2.05, 4.69) is 5.32 Å². The molecule has 0 bridgehead atoms. The van der Waals surface area contributed by atoms with Crippen molar-refractivity contribution in [1.29, 1.82) is 0 Å². The van der Waals surface area contributed by atoms with Crippen molar-refractivity contribution >= 4 is 35.0 Å². The molecular weight excluding hydrogens is 478 g/mol. The second-order valence-electron chi connectivity index (χ2n) is 7.75. The smallest absolute Gasteiger partial charge is 0.255 e. The van der Waals surface area contributed by atoms with Crippen LogP contribution in [0.3, 0.4) is 0 Å². The number of hydrogen-bond donors (Lipinski definition) is 1. The Kier molecular flexibility index (Phi) is 8.71. The van der Waals surface area contributed by atoms with Crippen LogP contribution in [0.5, 0.6) is 11.5 Å². The highest BCUT2D eigenvalue weighted by Gasteiger charge is 2.12. The second kappa shape index (κ2) is 12.3. The zero-order valence-electron chi connectivity index (χ0n) is 19.4. The van der Waals surface area contributed by atoms with Crippen molar-refractivity contribution in [1.82, 2.24) is 0 Å². The number of benzene rings is 4. The lowest BCUT2D eigenvalue weighted by Gasteiger charge is -2.13. The largest absolute Gasteiger partial charge is 0.494 e. The van der Waals surface area contributed by atoms with E-state index in [-0.39, 0.29) is 5.91 Å². The molecular formula is C29H26ClNO3S. The summed E-state index contributed by atoms with van der Waals surface area (Å²) in [4.78, 5) is 14.0. The maximum absolute atomic E-state index is 12.9. The number of nitrogens with one attached hydrogen (secondary N) is 1. The van der Waals surface area contributed by atoms with Crippen LogP contribution >= 0.6 is 23.4 Å². The summed E-state index contributed by atoms with van der Waals surface area (Å²) in [5, 5.41) is 3.67. The van der Waals surface area contributed by atoms with Crippen LogP contribution < -0.4 is 14.8 Å². The molecule has 4 aromatic rings. The van der Waals surface area contributed by atoms with Crippen LogP contribution in [-0.4, -0.2) is 12.5 Å².